The van der Waals surface area contributed by atoms with Gasteiger partial charge in [-0.2, -0.15) is 0 Å². The smallest absolute Gasteiger partial charge is 0.191 e. The molecule has 142 valence electrons. The Morgan fingerprint density at radius 2 is 2.19 bits per heavy atom. The number of guanidine groups is 1. The van der Waals surface area contributed by atoms with Crippen LogP contribution in [0.5, 0.6) is 0 Å². The van der Waals surface area contributed by atoms with Crippen molar-refractivity contribution in [2.45, 2.75) is 39.8 Å². The minimum absolute atomic E-state index is 0.453. The molecule has 7 nitrogen and oxygen atoms in total. The van der Waals surface area contributed by atoms with Gasteiger partial charge in [-0.1, -0.05) is 19.9 Å². The van der Waals surface area contributed by atoms with Gasteiger partial charge in [-0.3, -0.25) is 4.57 Å². The molecular weight excluding hydrogens is 358 g/mol. The Kier molecular flexibility index (Phi) is 6.54. The maximum absolute atomic E-state index is 4.65. The van der Waals surface area contributed by atoms with Crippen LogP contribution in [-0.2, 0) is 13.1 Å². The van der Waals surface area contributed by atoms with Crippen molar-refractivity contribution in [2.75, 3.05) is 6.54 Å². The van der Waals surface area contributed by atoms with Crippen LogP contribution >= 0.6 is 11.3 Å². The Bertz CT molecular complexity index is 851. The highest BCUT2D eigenvalue weighted by atomic mass is 32.1. The second-order valence-corrected chi connectivity index (χ2v) is 7.31. The molecule has 0 aliphatic rings. The number of imidazole rings is 1. The number of hydrogen-bond donors (Lipinski definition) is 2. The van der Waals surface area contributed by atoms with Crippen molar-refractivity contribution < 1.29 is 0 Å². The van der Waals surface area contributed by atoms with Crippen molar-refractivity contribution >= 4 is 17.3 Å². The van der Waals surface area contributed by atoms with E-state index in [1.54, 1.807) is 23.9 Å². The van der Waals surface area contributed by atoms with Gasteiger partial charge in [0.25, 0.3) is 0 Å². The molecule has 8 heteroatoms. The Labute approximate surface area is 163 Å². The van der Waals surface area contributed by atoms with Crippen LogP contribution in [0.25, 0.3) is 5.82 Å². The minimum Gasteiger partial charge on any atom is -0.357 e. The van der Waals surface area contributed by atoms with Crippen LogP contribution in [0.3, 0.4) is 0 Å². The minimum atomic E-state index is 0.453. The molecule has 2 N–H and O–H groups in total. The van der Waals surface area contributed by atoms with Crippen LogP contribution in [0.4, 0.5) is 0 Å². The molecule has 3 heterocycles. The first-order chi connectivity index (χ1) is 13.2. The van der Waals surface area contributed by atoms with E-state index in [4.69, 9.17) is 0 Å². The number of nitrogens with zero attached hydrogens (tertiary/aromatic N) is 5. The number of rotatable bonds is 7. The van der Waals surface area contributed by atoms with Crippen molar-refractivity contribution in [3.05, 3.63) is 58.7 Å². The van der Waals surface area contributed by atoms with Crippen molar-refractivity contribution in [1.82, 2.24) is 30.2 Å². The summed E-state index contributed by atoms with van der Waals surface area (Å²) in [5, 5.41) is 9.81. The number of aromatic nitrogens is 4. The monoisotopic (exact) mass is 383 g/mol. The van der Waals surface area contributed by atoms with E-state index in [1.165, 1.54) is 0 Å². The zero-order chi connectivity index (χ0) is 19.1. The van der Waals surface area contributed by atoms with Crippen LogP contribution in [-0.4, -0.2) is 32.0 Å². The summed E-state index contributed by atoms with van der Waals surface area (Å²) in [6, 6.07) is 4.00. The lowest BCUT2D eigenvalue weighted by atomic mass is 10.2. The SMILES string of the molecule is CCNC(=NCc1ccc(-n2ccnc2)nc1)NCc1nc(C(C)C)cs1. The molecule has 0 aliphatic heterocycles. The molecule has 0 atom stereocenters. The summed E-state index contributed by atoms with van der Waals surface area (Å²) < 4.78 is 1.87. The maximum atomic E-state index is 4.65. The number of aliphatic imine (C=N–C) groups is 1. The largest absolute Gasteiger partial charge is 0.357 e. The van der Waals surface area contributed by atoms with Gasteiger partial charge in [-0.15, -0.1) is 11.3 Å². The van der Waals surface area contributed by atoms with E-state index in [9.17, 15) is 0 Å². The summed E-state index contributed by atoms with van der Waals surface area (Å²) in [6.07, 6.45) is 7.19. The normalized spacial score (nSPS) is 11.8. The zero-order valence-electron chi connectivity index (χ0n) is 15.9. The van der Waals surface area contributed by atoms with Gasteiger partial charge in [0.1, 0.15) is 17.2 Å². The Morgan fingerprint density at radius 1 is 1.30 bits per heavy atom. The first-order valence-electron chi connectivity index (χ1n) is 9.05. The second kappa shape index (κ2) is 9.27. The van der Waals surface area contributed by atoms with Gasteiger partial charge in [0, 0.05) is 30.5 Å². The summed E-state index contributed by atoms with van der Waals surface area (Å²) in [5.74, 6) is 2.07. The Hall–Kier alpha value is -2.74. The number of hydrogen-bond acceptors (Lipinski definition) is 5. The number of thiazole rings is 1. The van der Waals surface area contributed by atoms with E-state index < -0.39 is 0 Å². The molecule has 27 heavy (non-hydrogen) atoms. The van der Waals surface area contributed by atoms with E-state index in [-0.39, 0.29) is 0 Å². The molecule has 0 fully saturated rings. The highest BCUT2D eigenvalue weighted by Crippen LogP contribution is 2.17. The van der Waals surface area contributed by atoms with Gasteiger partial charge in [0.05, 0.1) is 18.8 Å². The van der Waals surface area contributed by atoms with Gasteiger partial charge in [-0.25, -0.2) is 19.9 Å². The fraction of sp³-hybridized carbons (Fsp3) is 0.368. The van der Waals surface area contributed by atoms with Crippen LogP contribution in [0.2, 0.25) is 0 Å². The van der Waals surface area contributed by atoms with Gasteiger partial charge in [-0.05, 0) is 24.5 Å². The molecule has 0 radical (unpaired) electrons. The molecule has 0 saturated carbocycles. The molecule has 3 aromatic rings. The van der Waals surface area contributed by atoms with E-state index in [2.05, 4.69) is 56.7 Å². The van der Waals surface area contributed by atoms with E-state index >= 15 is 0 Å². The molecule has 0 aromatic carbocycles. The lowest BCUT2D eigenvalue weighted by molar-refractivity contribution is 0.787. The van der Waals surface area contributed by atoms with Crippen molar-refractivity contribution in [3.63, 3.8) is 0 Å². The van der Waals surface area contributed by atoms with Crippen molar-refractivity contribution in [2.24, 2.45) is 4.99 Å². The average molecular weight is 384 g/mol. The van der Waals surface area contributed by atoms with E-state index in [0.29, 0.717) is 19.0 Å². The second-order valence-electron chi connectivity index (χ2n) is 6.36. The lowest BCUT2D eigenvalue weighted by Gasteiger charge is -2.10. The summed E-state index contributed by atoms with van der Waals surface area (Å²) in [7, 11) is 0. The van der Waals surface area contributed by atoms with E-state index in [0.717, 1.165) is 34.6 Å². The number of nitrogens with one attached hydrogen (secondary N) is 2. The Morgan fingerprint density at radius 3 is 2.81 bits per heavy atom. The molecule has 0 spiro atoms. The summed E-state index contributed by atoms with van der Waals surface area (Å²) in [4.78, 5) is 17.8. The standard InChI is InChI=1S/C19H25N7S/c1-4-21-19(24-11-18-25-16(12-27-18)14(2)3)23-10-15-5-6-17(22-9-15)26-8-7-20-13-26/h5-9,12-14H,4,10-11H2,1-3H3,(H2,21,23,24). The zero-order valence-corrected chi connectivity index (χ0v) is 16.7. The van der Waals surface area contributed by atoms with Crippen LogP contribution in [0, 0.1) is 0 Å². The molecule has 0 unspecified atom stereocenters. The van der Waals surface area contributed by atoms with Gasteiger partial charge < -0.3 is 10.6 Å². The Balaban J connectivity index is 1.59. The third-order valence-corrected chi connectivity index (χ3v) is 4.78. The van der Waals surface area contributed by atoms with Crippen LogP contribution in [0.15, 0.2) is 47.4 Å². The van der Waals surface area contributed by atoms with Gasteiger partial charge in [0.15, 0.2) is 5.96 Å². The molecule has 3 rings (SSSR count). The quantitative estimate of drug-likeness (QED) is 0.484. The molecule has 0 amide bonds. The number of pyridine rings is 1. The highest BCUT2D eigenvalue weighted by molar-refractivity contribution is 7.09. The highest BCUT2D eigenvalue weighted by Gasteiger charge is 2.06. The lowest BCUT2D eigenvalue weighted by Crippen LogP contribution is -2.36. The van der Waals surface area contributed by atoms with Crippen LogP contribution in [0.1, 0.15) is 43.0 Å². The fourth-order valence-corrected chi connectivity index (χ4v) is 3.30. The molecule has 0 aliphatic carbocycles. The predicted octanol–water partition coefficient (Wildman–Crippen LogP) is 3.10. The third kappa shape index (κ3) is 5.37. The van der Waals surface area contributed by atoms with Crippen molar-refractivity contribution in [1.29, 1.82) is 0 Å². The molecule has 3 aromatic heterocycles. The summed E-state index contributed by atoms with van der Waals surface area (Å²) in [5.41, 5.74) is 2.19. The first kappa shape index (κ1) is 19.0. The predicted molar refractivity (Wildman–Crippen MR) is 109 cm³/mol. The van der Waals surface area contributed by atoms with Gasteiger partial charge >= 0.3 is 0 Å². The maximum Gasteiger partial charge on any atom is 0.191 e. The van der Waals surface area contributed by atoms with Gasteiger partial charge in [0.2, 0.25) is 0 Å². The fourth-order valence-electron chi connectivity index (χ4n) is 2.40. The van der Waals surface area contributed by atoms with Crippen LogP contribution < -0.4 is 10.6 Å². The topological polar surface area (TPSA) is 80.0 Å². The molecule has 0 bridgehead atoms. The molecular formula is C19H25N7S. The first-order valence-corrected chi connectivity index (χ1v) is 9.93. The van der Waals surface area contributed by atoms with Crippen molar-refractivity contribution in [3.8, 4) is 5.82 Å². The average Bonchev–Trinajstić information content (AvgIpc) is 3.36. The molecule has 0 saturated heterocycles. The summed E-state index contributed by atoms with van der Waals surface area (Å²) in [6.45, 7) is 8.40. The third-order valence-electron chi connectivity index (χ3n) is 3.91. The van der Waals surface area contributed by atoms with E-state index in [1.807, 2.05) is 29.1 Å². The summed E-state index contributed by atoms with van der Waals surface area (Å²) >= 11 is 1.68.